The van der Waals surface area contributed by atoms with E-state index >= 15 is 0 Å². The van der Waals surface area contributed by atoms with Gasteiger partial charge in [0.25, 0.3) is 0 Å². The molecule has 7 heteroatoms. The van der Waals surface area contributed by atoms with Gasteiger partial charge in [0.2, 0.25) is 0 Å². The Labute approximate surface area is 124 Å². The van der Waals surface area contributed by atoms with Crippen molar-refractivity contribution in [1.82, 2.24) is 4.98 Å². The Bertz CT molecular complexity index is 680. The number of ether oxygens (including phenoxy) is 1. The molecule has 0 saturated carbocycles. The van der Waals surface area contributed by atoms with E-state index in [2.05, 4.69) is 4.98 Å². The van der Waals surface area contributed by atoms with Crippen LogP contribution in [0.5, 0.6) is 0 Å². The summed E-state index contributed by atoms with van der Waals surface area (Å²) in [5.74, 6) is -1.79. The van der Waals surface area contributed by atoms with Crippen LogP contribution in [0.3, 0.4) is 0 Å². The number of nitrogen functional groups attached to an aromatic ring is 1. The van der Waals surface area contributed by atoms with Crippen LogP contribution in [0, 0.1) is 11.6 Å². The van der Waals surface area contributed by atoms with Gasteiger partial charge in [-0.1, -0.05) is 11.8 Å². The first-order valence-electron chi connectivity index (χ1n) is 6.06. The number of pyridine rings is 1. The average Bonchev–Trinajstić information content (AvgIpc) is 2.45. The number of esters is 1. The van der Waals surface area contributed by atoms with Gasteiger partial charge in [-0.2, -0.15) is 0 Å². The highest BCUT2D eigenvalue weighted by molar-refractivity contribution is 7.99. The highest BCUT2D eigenvalue weighted by atomic mass is 32.2. The van der Waals surface area contributed by atoms with Crippen LogP contribution in [0.25, 0.3) is 0 Å². The average molecular weight is 310 g/mol. The van der Waals surface area contributed by atoms with Crippen LogP contribution in [-0.2, 0) is 4.74 Å². The van der Waals surface area contributed by atoms with Crippen molar-refractivity contribution in [3.8, 4) is 0 Å². The maximum absolute atomic E-state index is 13.7. The van der Waals surface area contributed by atoms with Crippen LogP contribution in [0.2, 0.25) is 0 Å². The second-order valence-electron chi connectivity index (χ2n) is 4.02. The lowest BCUT2D eigenvalue weighted by Crippen LogP contribution is -2.08. The van der Waals surface area contributed by atoms with Gasteiger partial charge in [0.15, 0.2) is 0 Å². The van der Waals surface area contributed by atoms with Gasteiger partial charge >= 0.3 is 5.97 Å². The molecule has 110 valence electrons. The molecule has 0 aliphatic heterocycles. The standard InChI is InChI=1S/C14H12F2N2O2S/c1-2-20-14(19)10-6-9(17)7-18-13(10)21-12-5-8(15)3-4-11(12)16/h3-7H,2,17H2,1H3. The fourth-order valence-electron chi connectivity index (χ4n) is 1.56. The lowest BCUT2D eigenvalue weighted by molar-refractivity contribution is 0.0521. The first-order chi connectivity index (χ1) is 10.0. The third-order valence-electron chi connectivity index (χ3n) is 2.47. The molecule has 0 atom stereocenters. The summed E-state index contributed by atoms with van der Waals surface area (Å²) < 4.78 is 31.7. The van der Waals surface area contributed by atoms with Gasteiger partial charge in [0.1, 0.15) is 16.7 Å². The third kappa shape index (κ3) is 3.69. The van der Waals surface area contributed by atoms with Crippen LogP contribution in [0.1, 0.15) is 17.3 Å². The van der Waals surface area contributed by atoms with Gasteiger partial charge in [-0.25, -0.2) is 18.6 Å². The van der Waals surface area contributed by atoms with Crippen LogP contribution in [0.4, 0.5) is 14.5 Å². The largest absolute Gasteiger partial charge is 0.462 e. The molecule has 1 aromatic carbocycles. The van der Waals surface area contributed by atoms with E-state index in [9.17, 15) is 13.6 Å². The number of aromatic nitrogens is 1. The summed E-state index contributed by atoms with van der Waals surface area (Å²) in [5.41, 5.74) is 5.99. The van der Waals surface area contributed by atoms with Crippen LogP contribution < -0.4 is 5.73 Å². The predicted molar refractivity (Wildman–Crippen MR) is 75.1 cm³/mol. The number of hydrogen-bond acceptors (Lipinski definition) is 5. The molecule has 0 fully saturated rings. The highest BCUT2D eigenvalue weighted by Gasteiger charge is 2.17. The Kier molecular flexibility index (Phi) is 4.74. The van der Waals surface area contributed by atoms with E-state index in [1.54, 1.807) is 6.92 Å². The zero-order chi connectivity index (χ0) is 15.4. The molecule has 0 radical (unpaired) electrons. The van der Waals surface area contributed by atoms with Gasteiger partial charge in [0.05, 0.1) is 29.0 Å². The molecule has 1 aromatic heterocycles. The fraction of sp³-hybridized carbons (Fsp3) is 0.143. The number of rotatable bonds is 4. The van der Waals surface area contributed by atoms with Crippen molar-refractivity contribution in [3.05, 3.63) is 47.7 Å². The highest BCUT2D eigenvalue weighted by Crippen LogP contribution is 2.32. The smallest absolute Gasteiger partial charge is 0.340 e. The van der Waals surface area contributed by atoms with Crippen LogP contribution >= 0.6 is 11.8 Å². The first-order valence-corrected chi connectivity index (χ1v) is 6.88. The van der Waals surface area contributed by atoms with Gasteiger partial charge in [-0.3, -0.25) is 0 Å². The topological polar surface area (TPSA) is 65.2 Å². The minimum Gasteiger partial charge on any atom is -0.462 e. The molecule has 1 heterocycles. The minimum absolute atomic E-state index is 0.0258. The minimum atomic E-state index is -0.614. The van der Waals surface area contributed by atoms with Crippen molar-refractivity contribution in [3.63, 3.8) is 0 Å². The summed E-state index contributed by atoms with van der Waals surface area (Å²) in [7, 11) is 0. The molecule has 0 aliphatic carbocycles. The lowest BCUT2D eigenvalue weighted by Gasteiger charge is -2.09. The van der Waals surface area contributed by atoms with E-state index < -0.39 is 17.6 Å². The van der Waals surface area contributed by atoms with E-state index in [0.29, 0.717) is 0 Å². The Balaban J connectivity index is 2.39. The second kappa shape index (κ2) is 6.53. The summed E-state index contributed by atoms with van der Waals surface area (Å²) in [4.78, 5) is 15.9. The zero-order valence-electron chi connectivity index (χ0n) is 11.1. The van der Waals surface area contributed by atoms with E-state index in [1.807, 2.05) is 0 Å². The van der Waals surface area contributed by atoms with Crippen molar-refractivity contribution in [2.45, 2.75) is 16.8 Å². The quantitative estimate of drug-likeness (QED) is 0.878. The molecule has 2 aromatic rings. The molecular weight excluding hydrogens is 298 g/mol. The number of carbonyl (C=O) groups is 1. The normalized spacial score (nSPS) is 10.4. The molecule has 0 amide bonds. The number of nitrogens with two attached hydrogens (primary N) is 1. The zero-order valence-corrected chi connectivity index (χ0v) is 11.9. The number of nitrogens with zero attached hydrogens (tertiary/aromatic N) is 1. The Hall–Kier alpha value is -2.15. The van der Waals surface area contributed by atoms with Crippen molar-refractivity contribution < 1.29 is 18.3 Å². The maximum Gasteiger partial charge on any atom is 0.340 e. The molecule has 2 N–H and O–H groups in total. The molecule has 0 saturated heterocycles. The summed E-state index contributed by atoms with van der Waals surface area (Å²) in [6, 6.07) is 4.46. The van der Waals surface area contributed by atoms with Crippen molar-refractivity contribution in [1.29, 1.82) is 0 Å². The summed E-state index contributed by atoms with van der Waals surface area (Å²) in [6.45, 7) is 1.85. The van der Waals surface area contributed by atoms with Gasteiger partial charge in [0, 0.05) is 0 Å². The van der Waals surface area contributed by atoms with Gasteiger partial charge in [-0.15, -0.1) is 0 Å². The van der Waals surface area contributed by atoms with Crippen molar-refractivity contribution in [2.24, 2.45) is 0 Å². The molecule has 0 bridgehead atoms. The number of halogens is 2. The second-order valence-corrected chi connectivity index (χ2v) is 5.05. The number of benzene rings is 1. The van der Waals surface area contributed by atoms with Crippen LogP contribution in [0.15, 0.2) is 40.4 Å². The third-order valence-corrected chi connectivity index (χ3v) is 3.52. The summed E-state index contributed by atoms with van der Waals surface area (Å²) in [6.07, 6.45) is 1.34. The molecular formula is C14H12F2N2O2S. The van der Waals surface area contributed by atoms with E-state index in [1.165, 1.54) is 12.3 Å². The number of carbonyl (C=O) groups excluding carboxylic acids is 1. The van der Waals surface area contributed by atoms with Crippen LogP contribution in [-0.4, -0.2) is 17.6 Å². The molecule has 4 nitrogen and oxygen atoms in total. The molecule has 21 heavy (non-hydrogen) atoms. The number of anilines is 1. The maximum atomic E-state index is 13.7. The SMILES string of the molecule is CCOC(=O)c1cc(N)cnc1Sc1cc(F)ccc1F. The molecule has 0 spiro atoms. The first kappa shape index (κ1) is 15.2. The predicted octanol–water partition coefficient (Wildman–Crippen LogP) is 3.27. The number of hydrogen-bond donors (Lipinski definition) is 1. The van der Waals surface area contributed by atoms with Gasteiger partial charge in [-0.05, 0) is 31.2 Å². The molecule has 0 aliphatic rings. The monoisotopic (exact) mass is 310 g/mol. The van der Waals surface area contributed by atoms with E-state index in [0.717, 1.165) is 30.0 Å². The Morgan fingerprint density at radius 2 is 2.14 bits per heavy atom. The van der Waals surface area contributed by atoms with Crippen molar-refractivity contribution in [2.75, 3.05) is 12.3 Å². The lowest BCUT2D eigenvalue weighted by atomic mass is 10.2. The molecule has 2 rings (SSSR count). The Morgan fingerprint density at radius 3 is 2.86 bits per heavy atom. The van der Waals surface area contributed by atoms with E-state index in [4.69, 9.17) is 10.5 Å². The fourth-order valence-corrected chi connectivity index (χ4v) is 2.47. The van der Waals surface area contributed by atoms with Gasteiger partial charge < -0.3 is 10.5 Å². The summed E-state index contributed by atoms with van der Waals surface area (Å²) in [5, 5.41) is 0.201. The van der Waals surface area contributed by atoms with E-state index in [-0.39, 0.29) is 27.8 Å². The van der Waals surface area contributed by atoms with Crippen molar-refractivity contribution >= 4 is 23.4 Å². The Morgan fingerprint density at radius 1 is 1.38 bits per heavy atom. The molecule has 0 unspecified atom stereocenters. The summed E-state index contributed by atoms with van der Waals surface area (Å²) >= 11 is 0.835.